The molecule has 2 aliphatic rings. The predicted octanol–water partition coefficient (Wildman–Crippen LogP) is 6.37. The van der Waals surface area contributed by atoms with Gasteiger partial charge in [0.15, 0.2) is 8.32 Å². The molecular weight excluding hydrogens is 352 g/mol. The molecule has 0 spiro atoms. The summed E-state index contributed by atoms with van der Waals surface area (Å²) in [6.07, 6.45) is 6.23. The summed E-state index contributed by atoms with van der Waals surface area (Å²) in [5, 5.41) is 0.245. The Morgan fingerprint density at radius 2 is 1.74 bits per heavy atom. The van der Waals surface area contributed by atoms with E-state index in [1.807, 2.05) is 0 Å². The molecule has 0 radical (unpaired) electrons. The smallest absolute Gasteiger partial charge is 0.191 e. The summed E-state index contributed by atoms with van der Waals surface area (Å²) in [7, 11) is -1.69. The van der Waals surface area contributed by atoms with Crippen molar-refractivity contribution in [3.8, 4) is 0 Å². The summed E-state index contributed by atoms with van der Waals surface area (Å²) in [5.41, 5.74) is 0.0443. The highest BCUT2D eigenvalue weighted by atomic mass is 28.4. The van der Waals surface area contributed by atoms with Gasteiger partial charge >= 0.3 is 0 Å². The molecule has 0 aliphatic heterocycles. The summed E-state index contributed by atoms with van der Waals surface area (Å²) >= 11 is 0. The van der Waals surface area contributed by atoms with Crippen LogP contribution in [0.3, 0.4) is 0 Å². The number of hydrogen-bond donors (Lipinski definition) is 0. The number of carbonyl (C=O) groups is 1. The molecule has 2 aliphatic carbocycles. The van der Waals surface area contributed by atoms with Crippen LogP contribution in [0.2, 0.25) is 18.1 Å². The van der Waals surface area contributed by atoms with Crippen LogP contribution in [0.15, 0.2) is 0 Å². The van der Waals surface area contributed by atoms with Crippen LogP contribution < -0.4 is 0 Å². The number of hydrogen-bond acceptors (Lipinski definition) is 3. The van der Waals surface area contributed by atoms with Gasteiger partial charge in [0, 0.05) is 18.9 Å². The largest absolute Gasteiger partial charge is 0.417 e. The number of Topliss-reactive ketones (excluding diaryl/α,β-unsaturated/α-hetero) is 1. The maximum atomic E-state index is 12.7. The molecule has 2 fully saturated rings. The third kappa shape index (κ3) is 5.25. The van der Waals surface area contributed by atoms with Crippen LogP contribution in [-0.2, 0) is 14.0 Å². The third-order valence-electron chi connectivity index (χ3n) is 7.56. The van der Waals surface area contributed by atoms with Gasteiger partial charge in [-0.15, -0.1) is 0 Å². The van der Waals surface area contributed by atoms with Crippen molar-refractivity contribution in [2.45, 2.75) is 117 Å². The minimum absolute atomic E-state index is 0.115. The third-order valence-corrected chi connectivity index (χ3v) is 12.1. The van der Waals surface area contributed by atoms with Gasteiger partial charge in [0.2, 0.25) is 0 Å². The molecule has 4 heteroatoms. The molecule has 0 saturated heterocycles. The van der Waals surface area contributed by atoms with Gasteiger partial charge in [-0.1, -0.05) is 27.7 Å². The quantitative estimate of drug-likeness (QED) is 0.386. The molecule has 158 valence electrons. The second kappa shape index (κ2) is 7.91. The van der Waals surface area contributed by atoms with Gasteiger partial charge in [0.05, 0.1) is 11.7 Å². The average molecular weight is 397 g/mol. The molecule has 2 saturated carbocycles. The van der Waals surface area contributed by atoms with Gasteiger partial charge in [-0.05, 0) is 82.3 Å². The van der Waals surface area contributed by atoms with Crippen LogP contribution in [0, 0.1) is 17.3 Å². The second-order valence-corrected chi connectivity index (χ2v) is 16.5. The summed E-state index contributed by atoms with van der Waals surface area (Å²) in [4.78, 5) is 12.7. The fourth-order valence-corrected chi connectivity index (χ4v) is 5.96. The molecule has 0 heterocycles. The fraction of sp³-hybridized carbons (Fsp3) is 0.957. The molecule has 27 heavy (non-hydrogen) atoms. The number of rotatable bonds is 6. The van der Waals surface area contributed by atoms with Crippen LogP contribution in [0.5, 0.6) is 0 Å². The van der Waals surface area contributed by atoms with Gasteiger partial charge in [-0.3, -0.25) is 4.79 Å². The Morgan fingerprint density at radius 3 is 2.30 bits per heavy atom. The molecule has 0 aromatic heterocycles. The Bertz CT molecular complexity index is 529. The molecule has 3 unspecified atom stereocenters. The van der Waals surface area contributed by atoms with Gasteiger partial charge in [-0.2, -0.15) is 0 Å². The van der Waals surface area contributed by atoms with E-state index in [2.05, 4.69) is 61.6 Å². The van der Waals surface area contributed by atoms with Crippen LogP contribution in [0.1, 0.15) is 87.0 Å². The van der Waals surface area contributed by atoms with E-state index >= 15 is 0 Å². The first kappa shape index (κ1) is 23.1. The lowest BCUT2D eigenvalue weighted by Crippen LogP contribution is -2.46. The SMILES string of the molecule is CC(C)(C)OC1CCC2C(CCCO[Si](C)(C)C(C)(C)C)C(=O)CC[C@]12C. The molecule has 0 bridgehead atoms. The monoisotopic (exact) mass is 396 g/mol. The van der Waals surface area contributed by atoms with Crippen molar-refractivity contribution in [1.82, 2.24) is 0 Å². The maximum absolute atomic E-state index is 12.7. The lowest BCUT2D eigenvalue weighted by molar-refractivity contribution is -0.144. The predicted molar refractivity (Wildman–Crippen MR) is 116 cm³/mol. The second-order valence-electron chi connectivity index (χ2n) is 11.7. The maximum Gasteiger partial charge on any atom is 0.191 e. The van der Waals surface area contributed by atoms with Gasteiger partial charge in [-0.25, -0.2) is 0 Å². The minimum atomic E-state index is -1.69. The molecule has 0 N–H and O–H groups in total. The van der Waals surface area contributed by atoms with E-state index in [9.17, 15) is 4.79 Å². The Kier molecular flexibility index (Phi) is 6.76. The Morgan fingerprint density at radius 1 is 1.11 bits per heavy atom. The molecule has 4 atom stereocenters. The highest BCUT2D eigenvalue weighted by Gasteiger charge is 2.54. The molecule has 3 nitrogen and oxygen atoms in total. The van der Waals surface area contributed by atoms with Gasteiger partial charge in [0.1, 0.15) is 5.78 Å². The van der Waals surface area contributed by atoms with Crippen molar-refractivity contribution >= 4 is 14.1 Å². The standard InChI is InChI=1S/C23H44O3Si/c1-21(2,3)26-20-13-12-18-17(19(24)14-15-23(18,20)7)11-10-16-25-27(8,9)22(4,5)6/h17-18,20H,10-16H2,1-9H3/t17?,18?,20?,23-/m0/s1. The van der Waals surface area contributed by atoms with Gasteiger partial charge < -0.3 is 9.16 Å². The molecular formula is C23H44O3Si. The summed E-state index contributed by atoms with van der Waals surface area (Å²) < 4.78 is 12.8. The first-order valence-corrected chi connectivity index (χ1v) is 13.9. The molecule has 0 aromatic carbocycles. The highest BCUT2D eigenvalue weighted by molar-refractivity contribution is 6.74. The van der Waals surface area contributed by atoms with Crippen molar-refractivity contribution in [2.24, 2.45) is 17.3 Å². The van der Waals surface area contributed by atoms with Gasteiger partial charge in [0.25, 0.3) is 0 Å². The lowest BCUT2D eigenvalue weighted by Gasteiger charge is -2.45. The van der Waals surface area contributed by atoms with E-state index < -0.39 is 8.32 Å². The minimum Gasteiger partial charge on any atom is -0.417 e. The first-order chi connectivity index (χ1) is 12.2. The van der Waals surface area contributed by atoms with E-state index in [1.54, 1.807) is 0 Å². The number of ketones is 1. The topological polar surface area (TPSA) is 35.5 Å². The van der Waals surface area contributed by atoms with Crippen molar-refractivity contribution in [3.63, 3.8) is 0 Å². The van der Waals surface area contributed by atoms with E-state index in [4.69, 9.17) is 9.16 Å². The molecule has 0 amide bonds. The van der Waals surface area contributed by atoms with Crippen molar-refractivity contribution in [3.05, 3.63) is 0 Å². The molecule has 0 aromatic rings. The first-order valence-electron chi connectivity index (χ1n) is 11.0. The van der Waals surface area contributed by atoms with Crippen LogP contribution in [-0.4, -0.2) is 32.4 Å². The molecule has 2 rings (SSSR count). The zero-order valence-electron chi connectivity index (χ0n) is 19.4. The van der Waals surface area contributed by atoms with Crippen molar-refractivity contribution in [1.29, 1.82) is 0 Å². The van der Waals surface area contributed by atoms with E-state index in [0.29, 0.717) is 17.8 Å². The summed E-state index contributed by atoms with van der Waals surface area (Å²) in [5.74, 6) is 1.18. The fourth-order valence-electron chi connectivity index (χ4n) is 4.87. The Labute approximate surface area is 169 Å². The number of carbonyl (C=O) groups excluding carboxylic acids is 1. The van der Waals surface area contributed by atoms with E-state index in [-0.39, 0.29) is 22.0 Å². The van der Waals surface area contributed by atoms with Crippen molar-refractivity contribution in [2.75, 3.05) is 6.61 Å². The van der Waals surface area contributed by atoms with E-state index in [0.717, 1.165) is 45.1 Å². The summed E-state index contributed by atoms with van der Waals surface area (Å²) in [6.45, 7) is 21.1. The normalized spacial score (nSPS) is 32.6. The number of fused-ring (bicyclic) bond motifs is 1. The zero-order chi connectivity index (χ0) is 20.7. The van der Waals surface area contributed by atoms with Crippen LogP contribution in [0.25, 0.3) is 0 Å². The Balaban J connectivity index is 1.96. The lowest BCUT2D eigenvalue weighted by atomic mass is 9.62. The van der Waals surface area contributed by atoms with Crippen molar-refractivity contribution < 1.29 is 14.0 Å². The van der Waals surface area contributed by atoms with Crippen LogP contribution >= 0.6 is 0 Å². The summed E-state index contributed by atoms with van der Waals surface area (Å²) in [6, 6.07) is 0. The Hall–Kier alpha value is -0.193. The average Bonchev–Trinajstić information content (AvgIpc) is 2.80. The highest BCUT2D eigenvalue weighted by Crippen LogP contribution is 2.56. The number of ether oxygens (including phenoxy) is 1. The zero-order valence-corrected chi connectivity index (χ0v) is 20.4. The van der Waals surface area contributed by atoms with E-state index in [1.165, 1.54) is 0 Å². The van der Waals surface area contributed by atoms with Crippen LogP contribution in [0.4, 0.5) is 0 Å².